The quantitative estimate of drug-likeness (QED) is 0.0255. The lowest BCUT2D eigenvalue weighted by Crippen LogP contribution is -2.54. The summed E-state index contributed by atoms with van der Waals surface area (Å²) in [6.45, 7) is 1.89. The van der Waals surface area contributed by atoms with Crippen LogP contribution in [-0.2, 0) is 38.4 Å². The van der Waals surface area contributed by atoms with Gasteiger partial charge in [-0.1, -0.05) is 108 Å². The van der Waals surface area contributed by atoms with Crippen LogP contribution < -0.4 is 59.7 Å². The van der Waals surface area contributed by atoms with Crippen LogP contribution in [0.5, 0.6) is 0 Å². The number of benzene rings is 3. The molecule has 102 heavy (non-hydrogen) atoms. The van der Waals surface area contributed by atoms with E-state index in [1.807, 2.05) is 0 Å². The van der Waals surface area contributed by atoms with Crippen molar-refractivity contribution in [3.05, 3.63) is 84.0 Å². The van der Waals surface area contributed by atoms with E-state index in [1.54, 1.807) is 36.4 Å². The first kappa shape index (κ1) is 77.6. The second-order valence-electron chi connectivity index (χ2n) is 26.2. The van der Waals surface area contributed by atoms with Crippen LogP contribution >= 0.6 is 69.6 Å². The van der Waals surface area contributed by atoms with Crippen LogP contribution in [-0.4, -0.2) is 156 Å². The molecule has 3 aliphatic carbocycles. The van der Waals surface area contributed by atoms with Crippen LogP contribution in [0.2, 0.25) is 30.1 Å². The second kappa shape index (κ2) is 35.5. The van der Waals surface area contributed by atoms with Crippen molar-refractivity contribution in [1.29, 1.82) is 5.26 Å². The van der Waals surface area contributed by atoms with Crippen LogP contribution in [0.3, 0.4) is 0 Å². The van der Waals surface area contributed by atoms with E-state index in [2.05, 4.69) is 78.5 Å². The largest absolute Gasteiger partial charge is 0.475 e. The summed E-state index contributed by atoms with van der Waals surface area (Å²) in [7, 11) is 0. The molecule has 3 saturated carbocycles. The highest BCUT2D eigenvalue weighted by atomic mass is 35.5. The van der Waals surface area contributed by atoms with Crippen molar-refractivity contribution < 1.29 is 73.5 Å². The van der Waals surface area contributed by atoms with Gasteiger partial charge in [-0.25, -0.2) is 19.7 Å². The van der Waals surface area contributed by atoms with Gasteiger partial charge in [0.05, 0.1) is 58.8 Å². The number of carboxylic acids is 1. The fourth-order valence-corrected chi connectivity index (χ4v) is 13.2. The number of carbonyl (C=O) groups is 11. The number of halogens is 6. The lowest BCUT2D eigenvalue weighted by atomic mass is 9.91. The summed E-state index contributed by atoms with van der Waals surface area (Å²) in [5.74, 6) is -5.41. The smallest absolute Gasteiger partial charge is 0.371 e. The number of hydrogen-bond donors (Lipinski definition) is 15. The maximum atomic E-state index is 13.1. The molecule has 18 N–H and O–H groups in total. The average molecular weight is 1550 g/mol. The van der Waals surface area contributed by atoms with Crippen LogP contribution in [0.4, 0.5) is 0 Å². The topological polar surface area (TPSA) is 492 Å². The Bertz CT molecular complexity index is 4140. The van der Waals surface area contributed by atoms with Gasteiger partial charge in [0, 0.05) is 53.1 Å². The van der Waals surface area contributed by atoms with Gasteiger partial charge in [0.1, 0.15) is 46.8 Å². The third kappa shape index (κ3) is 21.5. The van der Waals surface area contributed by atoms with Crippen LogP contribution in [0, 0.1) is 46.8 Å². The number of primary amides is 2. The highest BCUT2D eigenvalue weighted by molar-refractivity contribution is 6.41. The molecule has 0 bridgehead atoms. The minimum atomic E-state index is -1.15. The summed E-state index contributed by atoms with van der Waals surface area (Å²) in [6, 6.07) is 6.54. The van der Waals surface area contributed by atoms with E-state index < -0.39 is 83.6 Å². The van der Waals surface area contributed by atoms with Gasteiger partial charge in [-0.2, -0.15) is 5.26 Å². The molecule has 36 heteroatoms. The molecule has 3 aliphatic heterocycles. The van der Waals surface area contributed by atoms with Gasteiger partial charge in [-0.05, 0) is 131 Å². The Morgan fingerprint density at radius 1 is 0.471 bits per heavy atom. The number of imidazole rings is 3. The molecule has 568 valence electrons. The number of nitrogens with zero attached hydrogens (tertiary/aromatic N) is 4. The van der Waals surface area contributed by atoms with Crippen LogP contribution in [0.15, 0.2) is 36.4 Å². The molecule has 12 rings (SSSR count). The molecular formula is C66H100Cl6N18O12. The first-order valence-corrected chi connectivity index (χ1v) is 35.8. The van der Waals surface area contributed by atoms with Gasteiger partial charge in [0.2, 0.25) is 53.1 Å². The first-order valence-electron chi connectivity index (χ1n) is 33.5. The maximum absolute atomic E-state index is 13.1. The number of carboxylic acid groups (broad SMARTS) is 1. The Labute approximate surface area is 630 Å². The fourth-order valence-electron chi connectivity index (χ4n) is 12.0. The molecule has 3 aromatic heterocycles. The molecule has 3 aromatic carbocycles. The van der Waals surface area contributed by atoms with Crippen molar-refractivity contribution in [3.8, 4) is 6.07 Å². The van der Waals surface area contributed by atoms with E-state index >= 15 is 0 Å². The van der Waals surface area contributed by atoms with Gasteiger partial charge < -0.3 is 79.8 Å². The molecule has 6 aliphatic rings. The van der Waals surface area contributed by atoms with E-state index in [9.17, 15) is 58.0 Å². The Morgan fingerprint density at radius 2 is 0.804 bits per heavy atom. The Hall–Kier alpha value is -8.57. The highest BCUT2D eigenvalue weighted by Crippen LogP contribution is 2.37. The van der Waals surface area contributed by atoms with Crippen molar-refractivity contribution in [2.45, 2.75) is 152 Å². The Morgan fingerprint density at radius 3 is 1.15 bits per heavy atom. The standard InChI is InChI=1S/C22H26Cl2N6O4.C22H24Cl2N6O3.C14H24N4O3.C8H4Cl2N2O2.11H2/c23-12-5-6-13(24)17-16(12)29-19(30-17)22(34)28-15(8-10-3-4-10)21(33)27-14(18(25)31)9-11-2-1-7-26-20(11)32;23-14-5-6-15(24)18-17(14)29-19(30-18)22(33)28-16(8-11-3-4-11)21(32)27-13(10-25)9-12-2-1-7-26-20(12)31;15-10(6-8-3-4-8)14(21)18-11(12(16)19)7-9-2-1-5-17-13(9)20;9-3-1-2-4(10)6-5(3)11-7(12-6)8(13)14;;;;;;;;;;;/h5-6,10-11,14-15H,1-4,7-9H2,(H2,25,31)(H,26,32)(H,27,33)(H,28,34)(H,29,30);5-6,11-13,16H,1-4,7-9H2,(H,26,31)(H,27,32)(H,28,33)(H,29,30);8-11H,1-7,15H2,(H2,16,19)(H,17,20)(H,18,21);1-2H,(H,11,12)(H,13,14);11*1H/t11-,14-,15-;12-,13-,16-;9-,10-,11-;;;;;;;;;;;;/m000............/s1. The summed E-state index contributed by atoms with van der Waals surface area (Å²) in [5.41, 5.74) is 19.1. The number of nitriles is 1. The third-order valence-electron chi connectivity index (χ3n) is 18.2. The molecule has 6 aromatic rings. The van der Waals surface area contributed by atoms with E-state index in [-0.39, 0.29) is 87.9 Å². The van der Waals surface area contributed by atoms with Gasteiger partial charge in [0.15, 0.2) is 11.6 Å². The number of fused-ring (bicyclic) bond motifs is 3. The van der Waals surface area contributed by atoms with Crippen molar-refractivity contribution >= 4 is 168 Å². The highest BCUT2D eigenvalue weighted by Gasteiger charge is 2.38. The number of aromatic carboxylic acids is 1. The summed E-state index contributed by atoms with van der Waals surface area (Å²) in [5, 5.41) is 42.1. The summed E-state index contributed by atoms with van der Waals surface area (Å²) in [4.78, 5) is 154. The molecular weight excluding hydrogens is 1450 g/mol. The van der Waals surface area contributed by atoms with Crippen molar-refractivity contribution in [2.24, 2.45) is 52.7 Å². The lowest BCUT2D eigenvalue weighted by molar-refractivity contribution is -0.131. The Balaban J connectivity index is -0.00000144. The summed E-state index contributed by atoms with van der Waals surface area (Å²) in [6.07, 6.45) is 12.7. The molecule has 6 heterocycles. The van der Waals surface area contributed by atoms with Crippen molar-refractivity contribution in [1.82, 2.24) is 72.4 Å². The van der Waals surface area contributed by atoms with Crippen molar-refractivity contribution in [2.75, 3.05) is 19.6 Å². The predicted octanol–water partition coefficient (Wildman–Crippen LogP) is 8.62. The summed E-state index contributed by atoms with van der Waals surface area (Å²) < 4.78 is 0. The average Bonchev–Trinajstić information content (AvgIpc) is 1.66. The van der Waals surface area contributed by atoms with E-state index in [4.69, 9.17) is 91.9 Å². The number of nitrogens with two attached hydrogens (primary N) is 3. The number of amides is 10. The molecule has 6 fully saturated rings. The number of rotatable bonds is 25. The molecule has 10 amide bonds. The molecule has 0 radical (unpaired) electrons. The van der Waals surface area contributed by atoms with E-state index in [0.29, 0.717) is 139 Å². The number of piperidine rings is 3. The van der Waals surface area contributed by atoms with Crippen LogP contribution in [0.25, 0.3) is 33.1 Å². The number of aromatic nitrogens is 6. The van der Waals surface area contributed by atoms with E-state index in [1.165, 1.54) is 0 Å². The second-order valence-corrected chi connectivity index (χ2v) is 28.7. The lowest BCUT2D eigenvalue weighted by Gasteiger charge is -2.26. The number of aromatic amines is 3. The minimum absolute atomic E-state index is 0. The number of carbonyl (C=O) groups excluding carboxylic acids is 10. The zero-order valence-electron chi connectivity index (χ0n) is 55.0. The first-order chi connectivity index (χ1) is 48.6. The molecule has 0 spiro atoms. The summed E-state index contributed by atoms with van der Waals surface area (Å²) >= 11 is 36.3. The Kier molecular flexibility index (Phi) is 27.0. The molecule has 3 saturated heterocycles. The SMILES string of the molecule is N#C[C@H](C[C@@H]1CCCNC1=O)NC(=O)[C@H](CC1CC1)NC(=O)c1nc2c(Cl)ccc(Cl)c2[nH]1.NC(=O)[C@H](C[C@@H]1CCCNC1=O)NC(=O)[C@@H](N)CC1CC1.NC(=O)[C@H](C[C@@H]1CCCNC1=O)NC(=O)[C@H](CC1CC1)NC(=O)c1nc2c(Cl)ccc(Cl)c2[nH]1.O=C(O)c1nc2c(Cl)ccc(Cl)c2[nH]1.[HH].[HH].[HH].[HH].[HH].[HH].[HH].[HH].[HH].[HH].[HH]. The van der Waals surface area contributed by atoms with Gasteiger partial charge in [-0.3, -0.25) is 47.9 Å². The van der Waals surface area contributed by atoms with E-state index in [0.717, 1.165) is 57.8 Å². The maximum Gasteiger partial charge on any atom is 0.371 e. The van der Waals surface area contributed by atoms with Gasteiger partial charge >= 0.3 is 5.97 Å². The molecule has 30 nitrogen and oxygen atoms in total. The minimum Gasteiger partial charge on any atom is -0.475 e. The molecule has 0 unspecified atom stereocenters. The number of nitrogens with one attached hydrogen (secondary N) is 11. The zero-order valence-corrected chi connectivity index (χ0v) is 59.5. The third-order valence-corrected chi connectivity index (χ3v) is 20.1. The van der Waals surface area contributed by atoms with Crippen molar-refractivity contribution in [3.63, 3.8) is 0 Å². The molecule has 9 atom stereocenters. The normalized spacial score (nSPS) is 19.6. The number of H-pyrrole nitrogens is 3. The monoisotopic (exact) mass is 1550 g/mol. The predicted molar refractivity (Wildman–Crippen MR) is 402 cm³/mol. The number of hydrogen-bond acceptors (Lipinski definition) is 16. The van der Waals surface area contributed by atoms with Gasteiger partial charge in [-0.15, -0.1) is 0 Å². The van der Waals surface area contributed by atoms with Crippen LogP contribution in [0.1, 0.15) is 163 Å². The fraction of sp³-hybridized carbons (Fsp3) is 0.500. The van der Waals surface area contributed by atoms with Gasteiger partial charge in [0.25, 0.3) is 11.8 Å². The zero-order chi connectivity index (χ0) is 73.6.